The predicted octanol–water partition coefficient (Wildman–Crippen LogP) is 3.28. The molecule has 2 aromatic heterocycles. The van der Waals surface area contributed by atoms with E-state index in [2.05, 4.69) is 4.98 Å². The van der Waals surface area contributed by atoms with Crippen molar-refractivity contribution in [3.63, 3.8) is 0 Å². The van der Waals surface area contributed by atoms with Gasteiger partial charge in [-0.2, -0.15) is 0 Å². The summed E-state index contributed by atoms with van der Waals surface area (Å²) in [5.41, 5.74) is 1.71. The summed E-state index contributed by atoms with van der Waals surface area (Å²) >= 11 is 5.86. The van der Waals surface area contributed by atoms with Crippen LogP contribution in [0.5, 0.6) is 0 Å². The predicted molar refractivity (Wildman–Crippen MR) is 76.4 cm³/mol. The fourth-order valence-corrected chi connectivity index (χ4v) is 2.29. The van der Waals surface area contributed by atoms with Crippen LogP contribution in [0, 0.1) is 0 Å². The molecule has 0 bridgehead atoms. The molecule has 0 aliphatic rings. The van der Waals surface area contributed by atoms with Gasteiger partial charge in [0.1, 0.15) is 5.82 Å². The summed E-state index contributed by atoms with van der Waals surface area (Å²) in [4.78, 5) is 15.5. The second-order valence-corrected chi connectivity index (χ2v) is 4.88. The van der Waals surface area contributed by atoms with Gasteiger partial charge in [-0.15, -0.1) is 0 Å². The third-order valence-corrected chi connectivity index (χ3v) is 3.35. The third-order valence-electron chi connectivity index (χ3n) is 3.10. The molecule has 0 aliphatic carbocycles. The highest BCUT2D eigenvalue weighted by molar-refractivity contribution is 6.30. The lowest BCUT2D eigenvalue weighted by Crippen LogP contribution is -1.97. The first kappa shape index (κ1) is 12.7. The molecule has 0 atom stereocenters. The van der Waals surface area contributed by atoms with Gasteiger partial charge in [-0.25, -0.2) is 9.78 Å². The van der Waals surface area contributed by atoms with Crippen LogP contribution < -0.4 is 0 Å². The molecule has 1 N–H and O–H groups in total. The van der Waals surface area contributed by atoms with Gasteiger partial charge in [0, 0.05) is 17.6 Å². The highest BCUT2D eigenvalue weighted by atomic mass is 35.5. The quantitative estimate of drug-likeness (QED) is 0.804. The van der Waals surface area contributed by atoms with Crippen molar-refractivity contribution in [1.29, 1.82) is 0 Å². The van der Waals surface area contributed by atoms with Crippen molar-refractivity contribution in [2.24, 2.45) is 0 Å². The van der Waals surface area contributed by atoms with E-state index in [1.807, 2.05) is 36.5 Å². The summed E-state index contributed by atoms with van der Waals surface area (Å²) < 4.78 is 1.80. The maximum absolute atomic E-state index is 11.2. The summed E-state index contributed by atoms with van der Waals surface area (Å²) in [6.07, 6.45) is 2.37. The maximum Gasteiger partial charge on any atom is 0.356 e. The fourth-order valence-electron chi connectivity index (χ4n) is 2.17. The average molecular weight is 287 g/mol. The molecule has 0 radical (unpaired) electrons. The summed E-state index contributed by atoms with van der Waals surface area (Å²) in [6, 6.07) is 12.8. The number of rotatable bonds is 3. The highest BCUT2D eigenvalue weighted by Gasteiger charge is 2.16. The zero-order valence-electron chi connectivity index (χ0n) is 10.5. The minimum atomic E-state index is -1.02. The Morgan fingerprint density at radius 2 is 1.95 bits per heavy atom. The summed E-state index contributed by atoms with van der Waals surface area (Å²) in [5, 5.41) is 9.88. The lowest BCUT2D eigenvalue weighted by Gasteiger charge is -2.01. The number of imidazole rings is 1. The molecule has 4 nitrogen and oxygen atoms in total. The first-order valence-electron chi connectivity index (χ1n) is 6.09. The van der Waals surface area contributed by atoms with Crippen LogP contribution in [0.3, 0.4) is 0 Å². The van der Waals surface area contributed by atoms with E-state index in [0.717, 1.165) is 5.56 Å². The molecule has 0 saturated heterocycles. The SMILES string of the molecule is O=C(O)c1nc(Cc2ccc(Cl)cc2)n2ccccc12. The Labute approximate surface area is 120 Å². The van der Waals surface area contributed by atoms with E-state index in [4.69, 9.17) is 11.6 Å². The third kappa shape index (κ3) is 2.26. The second kappa shape index (κ2) is 4.98. The van der Waals surface area contributed by atoms with Crippen molar-refractivity contribution >= 4 is 23.1 Å². The van der Waals surface area contributed by atoms with E-state index < -0.39 is 5.97 Å². The van der Waals surface area contributed by atoms with Crippen LogP contribution in [0.15, 0.2) is 48.7 Å². The number of carbonyl (C=O) groups is 1. The summed E-state index contributed by atoms with van der Waals surface area (Å²) in [5.74, 6) is -0.323. The standard InChI is InChI=1S/C15H11ClN2O2/c16-11-6-4-10(5-7-11)9-13-17-14(15(19)20)12-3-1-2-8-18(12)13/h1-8H,9H2,(H,19,20). The van der Waals surface area contributed by atoms with Crippen LogP contribution in [-0.4, -0.2) is 20.5 Å². The Kier molecular flexibility index (Phi) is 3.16. The molecule has 100 valence electrons. The molecule has 3 aromatic rings. The van der Waals surface area contributed by atoms with E-state index in [0.29, 0.717) is 22.8 Å². The van der Waals surface area contributed by atoms with E-state index in [1.54, 1.807) is 16.5 Å². The lowest BCUT2D eigenvalue weighted by molar-refractivity contribution is 0.0693. The van der Waals surface area contributed by atoms with Crippen molar-refractivity contribution in [2.75, 3.05) is 0 Å². The lowest BCUT2D eigenvalue weighted by atomic mass is 10.1. The number of hydrogen-bond donors (Lipinski definition) is 1. The molecule has 0 amide bonds. The smallest absolute Gasteiger partial charge is 0.356 e. The van der Waals surface area contributed by atoms with E-state index in [-0.39, 0.29) is 5.69 Å². The zero-order valence-corrected chi connectivity index (χ0v) is 11.2. The normalized spacial score (nSPS) is 10.8. The number of benzene rings is 1. The fraction of sp³-hybridized carbons (Fsp3) is 0.0667. The Balaban J connectivity index is 2.07. The molecular formula is C15H11ClN2O2. The van der Waals surface area contributed by atoms with Crippen molar-refractivity contribution in [1.82, 2.24) is 9.38 Å². The maximum atomic E-state index is 11.2. The van der Waals surface area contributed by atoms with Crippen molar-refractivity contribution in [3.8, 4) is 0 Å². The molecule has 1 aromatic carbocycles. The molecule has 2 heterocycles. The van der Waals surface area contributed by atoms with Crippen molar-refractivity contribution in [2.45, 2.75) is 6.42 Å². The Hall–Kier alpha value is -2.33. The van der Waals surface area contributed by atoms with Crippen molar-refractivity contribution in [3.05, 3.63) is 70.8 Å². The van der Waals surface area contributed by atoms with Gasteiger partial charge in [-0.3, -0.25) is 0 Å². The van der Waals surface area contributed by atoms with Gasteiger partial charge in [0.2, 0.25) is 0 Å². The van der Waals surface area contributed by atoms with Crippen LogP contribution >= 0.6 is 11.6 Å². The number of aromatic nitrogens is 2. The number of aromatic carboxylic acids is 1. The molecule has 0 aliphatic heterocycles. The van der Waals surface area contributed by atoms with Gasteiger partial charge in [0.05, 0.1) is 5.52 Å². The monoisotopic (exact) mass is 286 g/mol. The first-order chi connectivity index (χ1) is 9.65. The number of pyridine rings is 1. The topological polar surface area (TPSA) is 54.6 Å². The minimum absolute atomic E-state index is 0.0783. The van der Waals surface area contributed by atoms with E-state index >= 15 is 0 Å². The number of fused-ring (bicyclic) bond motifs is 1. The molecule has 5 heteroatoms. The highest BCUT2D eigenvalue weighted by Crippen LogP contribution is 2.17. The van der Waals surface area contributed by atoms with Crippen LogP contribution in [0.4, 0.5) is 0 Å². The second-order valence-electron chi connectivity index (χ2n) is 4.44. The molecule has 0 spiro atoms. The molecule has 0 fully saturated rings. The van der Waals surface area contributed by atoms with Gasteiger partial charge in [-0.05, 0) is 29.8 Å². The minimum Gasteiger partial charge on any atom is -0.476 e. The largest absolute Gasteiger partial charge is 0.476 e. The Bertz CT molecular complexity index is 778. The number of hydrogen-bond acceptors (Lipinski definition) is 2. The van der Waals surface area contributed by atoms with E-state index in [9.17, 15) is 9.90 Å². The van der Waals surface area contributed by atoms with Gasteiger partial charge >= 0.3 is 5.97 Å². The van der Waals surface area contributed by atoms with Gasteiger partial charge in [-0.1, -0.05) is 29.8 Å². The molecule has 0 unspecified atom stereocenters. The molecule has 0 saturated carbocycles. The van der Waals surface area contributed by atoms with Crippen molar-refractivity contribution < 1.29 is 9.90 Å². The van der Waals surface area contributed by atoms with Crippen LogP contribution in [0.25, 0.3) is 5.52 Å². The van der Waals surface area contributed by atoms with E-state index in [1.165, 1.54) is 0 Å². The van der Waals surface area contributed by atoms with Gasteiger partial charge in [0.25, 0.3) is 0 Å². The zero-order chi connectivity index (χ0) is 14.1. The average Bonchev–Trinajstić information content (AvgIpc) is 2.81. The number of nitrogens with zero attached hydrogens (tertiary/aromatic N) is 2. The Morgan fingerprint density at radius 3 is 2.65 bits per heavy atom. The summed E-state index contributed by atoms with van der Waals surface area (Å²) in [6.45, 7) is 0. The van der Waals surface area contributed by atoms with Crippen LogP contribution in [0.1, 0.15) is 21.9 Å². The molecule has 3 rings (SSSR count). The molecule has 20 heavy (non-hydrogen) atoms. The van der Waals surface area contributed by atoms with Gasteiger partial charge in [0.15, 0.2) is 5.69 Å². The van der Waals surface area contributed by atoms with Crippen LogP contribution in [0.2, 0.25) is 5.02 Å². The number of halogens is 1. The summed E-state index contributed by atoms with van der Waals surface area (Å²) in [7, 11) is 0. The number of carboxylic acids is 1. The van der Waals surface area contributed by atoms with Gasteiger partial charge < -0.3 is 9.51 Å². The number of carboxylic acid groups (broad SMARTS) is 1. The first-order valence-corrected chi connectivity index (χ1v) is 6.46. The molecular weight excluding hydrogens is 276 g/mol. The van der Waals surface area contributed by atoms with Crippen LogP contribution in [-0.2, 0) is 6.42 Å². The Morgan fingerprint density at radius 1 is 1.20 bits per heavy atom.